The highest BCUT2D eigenvalue weighted by molar-refractivity contribution is 7.15. The third kappa shape index (κ3) is 3.51. The van der Waals surface area contributed by atoms with Crippen molar-refractivity contribution in [2.24, 2.45) is 0 Å². The van der Waals surface area contributed by atoms with Crippen molar-refractivity contribution in [1.29, 1.82) is 0 Å². The first kappa shape index (κ1) is 14.6. The highest BCUT2D eigenvalue weighted by Gasteiger charge is 2.29. The van der Waals surface area contributed by atoms with Crippen molar-refractivity contribution in [3.63, 3.8) is 0 Å². The van der Waals surface area contributed by atoms with Crippen LogP contribution in [0.4, 0.5) is 0 Å². The van der Waals surface area contributed by atoms with Crippen LogP contribution in [-0.2, 0) is 17.8 Å². The van der Waals surface area contributed by atoms with Gasteiger partial charge in [-0.15, -0.1) is 11.3 Å². The molecule has 3 aromatic heterocycles. The van der Waals surface area contributed by atoms with E-state index in [0.717, 1.165) is 34.0 Å². The van der Waals surface area contributed by atoms with E-state index in [1.54, 1.807) is 22.7 Å². The molecule has 1 fully saturated rings. The number of carbonyl (C=O) groups excluding carboxylic acids is 1. The van der Waals surface area contributed by atoms with E-state index in [2.05, 4.69) is 15.5 Å². The second-order valence-corrected chi connectivity index (χ2v) is 7.53. The molecule has 1 saturated carbocycles. The zero-order valence-corrected chi connectivity index (χ0v) is 14.0. The second-order valence-electron chi connectivity index (χ2n) is 5.58. The van der Waals surface area contributed by atoms with E-state index in [4.69, 9.17) is 4.52 Å². The molecule has 4 rings (SSSR count). The van der Waals surface area contributed by atoms with Crippen molar-refractivity contribution in [2.75, 3.05) is 0 Å². The molecule has 3 aromatic rings. The highest BCUT2D eigenvalue weighted by Crippen LogP contribution is 2.39. The predicted molar refractivity (Wildman–Crippen MR) is 89.5 cm³/mol. The van der Waals surface area contributed by atoms with Gasteiger partial charge in [0, 0.05) is 10.8 Å². The summed E-state index contributed by atoms with van der Waals surface area (Å²) in [7, 11) is 0. The fourth-order valence-electron chi connectivity index (χ4n) is 2.26. The summed E-state index contributed by atoms with van der Waals surface area (Å²) in [4.78, 5) is 18.4. The first-order chi connectivity index (χ1) is 11.3. The number of thiophene rings is 2. The summed E-state index contributed by atoms with van der Waals surface area (Å²) < 4.78 is 5.32. The fraction of sp³-hybridized carbons (Fsp3) is 0.312. The number of hydrogen-bond donors (Lipinski definition) is 1. The Morgan fingerprint density at radius 2 is 2.26 bits per heavy atom. The minimum absolute atomic E-state index is 0.0344. The van der Waals surface area contributed by atoms with Gasteiger partial charge < -0.3 is 9.84 Å². The number of rotatable bonds is 6. The molecule has 5 nitrogen and oxygen atoms in total. The Bertz CT molecular complexity index is 803. The molecule has 3 heterocycles. The number of amides is 1. The summed E-state index contributed by atoms with van der Waals surface area (Å²) in [6.45, 7) is 0.525. The summed E-state index contributed by atoms with van der Waals surface area (Å²) in [5, 5.41) is 11.0. The summed E-state index contributed by atoms with van der Waals surface area (Å²) in [6, 6.07) is 5.93. The van der Waals surface area contributed by atoms with Crippen LogP contribution in [0.1, 0.15) is 35.0 Å². The molecule has 23 heavy (non-hydrogen) atoms. The normalized spacial score (nSPS) is 14.1. The minimum Gasteiger partial charge on any atom is -0.351 e. The zero-order valence-electron chi connectivity index (χ0n) is 12.3. The van der Waals surface area contributed by atoms with Crippen LogP contribution in [0.3, 0.4) is 0 Å². The van der Waals surface area contributed by atoms with Gasteiger partial charge in [-0.3, -0.25) is 4.79 Å². The van der Waals surface area contributed by atoms with Crippen LogP contribution in [0.15, 0.2) is 33.5 Å². The van der Waals surface area contributed by atoms with Gasteiger partial charge in [0.15, 0.2) is 5.82 Å². The van der Waals surface area contributed by atoms with Crippen molar-refractivity contribution < 1.29 is 9.32 Å². The summed E-state index contributed by atoms with van der Waals surface area (Å²) in [6.07, 6.45) is 2.74. The maximum Gasteiger partial charge on any atom is 0.268 e. The molecule has 0 unspecified atom stereocenters. The van der Waals surface area contributed by atoms with Gasteiger partial charge in [0.25, 0.3) is 5.89 Å². The van der Waals surface area contributed by atoms with Gasteiger partial charge in [0.1, 0.15) is 0 Å². The number of nitrogens with zero attached hydrogens (tertiary/aromatic N) is 2. The average Bonchev–Trinajstić information content (AvgIpc) is 3.00. The number of nitrogens with one attached hydrogen (secondary N) is 1. The lowest BCUT2D eigenvalue weighted by Gasteiger charge is -2.02. The van der Waals surface area contributed by atoms with E-state index in [9.17, 15) is 4.79 Å². The molecule has 7 heteroatoms. The summed E-state index contributed by atoms with van der Waals surface area (Å²) in [5.74, 6) is 1.92. The number of hydrogen-bond acceptors (Lipinski definition) is 6. The standard InChI is InChI=1S/C16H15N3O2S2/c20-14(7-10-5-6-22-9-10)17-8-12-3-4-13(23-12)16-18-15(19-21-16)11-1-2-11/h3-6,9,11H,1-2,7-8H2,(H,17,20). The molecule has 0 saturated heterocycles. The lowest BCUT2D eigenvalue weighted by atomic mass is 10.2. The van der Waals surface area contributed by atoms with Crippen LogP contribution in [0, 0.1) is 0 Å². The van der Waals surface area contributed by atoms with Crippen LogP contribution in [0.25, 0.3) is 10.8 Å². The molecule has 0 bridgehead atoms. The molecule has 1 aliphatic rings. The largest absolute Gasteiger partial charge is 0.351 e. The van der Waals surface area contributed by atoms with E-state index in [0.29, 0.717) is 24.8 Å². The zero-order chi connectivity index (χ0) is 15.6. The third-order valence-corrected chi connectivity index (χ3v) is 5.47. The van der Waals surface area contributed by atoms with Crippen LogP contribution < -0.4 is 5.32 Å². The molecular weight excluding hydrogens is 330 g/mol. The van der Waals surface area contributed by atoms with Gasteiger partial charge in [0.05, 0.1) is 17.8 Å². The van der Waals surface area contributed by atoms with Gasteiger partial charge >= 0.3 is 0 Å². The quantitative estimate of drug-likeness (QED) is 0.741. The smallest absolute Gasteiger partial charge is 0.268 e. The molecule has 0 aromatic carbocycles. The van der Waals surface area contributed by atoms with Gasteiger partial charge in [-0.05, 0) is 47.4 Å². The SMILES string of the molecule is O=C(Cc1ccsc1)NCc1ccc(-c2nc(C3CC3)no2)s1. The molecular formula is C16H15N3O2S2. The van der Waals surface area contributed by atoms with E-state index in [-0.39, 0.29) is 5.91 Å². The van der Waals surface area contributed by atoms with Crippen LogP contribution >= 0.6 is 22.7 Å². The Kier molecular flexibility index (Phi) is 3.97. The number of carbonyl (C=O) groups is 1. The topological polar surface area (TPSA) is 68.0 Å². The van der Waals surface area contributed by atoms with Gasteiger partial charge in [-0.25, -0.2) is 0 Å². The van der Waals surface area contributed by atoms with Crippen molar-refractivity contribution in [3.8, 4) is 10.8 Å². The Hall–Kier alpha value is -1.99. The Morgan fingerprint density at radius 3 is 3.04 bits per heavy atom. The molecule has 0 aliphatic heterocycles. The lowest BCUT2D eigenvalue weighted by molar-refractivity contribution is -0.120. The van der Waals surface area contributed by atoms with E-state index in [1.165, 1.54) is 0 Å². The molecule has 0 atom stereocenters. The Balaban J connectivity index is 1.34. The molecule has 0 radical (unpaired) electrons. The van der Waals surface area contributed by atoms with E-state index < -0.39 is 0 Å². The lowest BCUT2D eigenvalue weighted by Crippen LogP contribution is -2.23. The summed E-state index contributed by atoms with van der Waals surface area (Å²) in [5.41, 5.74) is 1.05. The first-order valence-electron chi connectivity index (χ1n) is 7.48. The molecule has 1 aliphatic carbocycles. The maximum atomic E-state index is 11.9. The Labute approximate surface area is 141 Å². The van der Waals surface area contributed by atoms with Crippen LogP contribution in [-0.4, -0.2) is 16.0 Å². The van der Waals surface area contributed by atoms with Crippen LogP contribution in [0.5, 0.6) is 0 Å². The maximum absolute atomic E-state index is 11.9. The summed E-state index contributed by atoms with van der Waals surface area (Å²) >= 11 is 3.18. The van der Waals surface area contributed by atoms with Gasteiger partial charge in [0.2, 0.25) is 5.91 Å². The van der Waals surface area contributed by atoms with Gasteiger partial charge in [-0.2, -0.15) is 16.3 Å². The van der Waals surface area contributed by atoms with E-state index in [1.807, 2.05) is 29.0 Å². The van der Waals surface area contributed by atoms with Gasteiger partial charge in [-0.1, -0.05) is 5.16 Å². The van der Waals surface area contributed by atoms with Crippen molar-refractivity contribution in [2.45, 2.75) is 31.7 Å². The predicted octanol–water partition coefficient (Wildman–Crippen LogP) is 3.60. The first-order valence-corrected chi connectivity index (χ1v) is 9.24. The number of aromatic nitrogens is 2. The minimum atomic E-state index is 0.0344. The average molecular weight is 345 g/mol. The van der Waals surface area contributed by atoms with Crippen molar-refractivity contribution in [3.05, 3.63) is 45.2 Å². The second kappa shape index (κ2) is 6.25. The van der Waals surface area contributed by atoms with Crippen LogP contribution in [0.2, 0.25) is 0 Å². The highest BCUT2D eigenvalue weighted by atomic mass is 32.1. The van der Waals surface area contributed by atoms with Crippen molar-refractivity contribution >= 4 is 28.6 Å². The molecule has 0 spiro atoms. The van der Waals surface area contributed by atoms with Crippen molar-refractivity contribution in [1.82, 2.24) is 15.5 Å². The molecule has 118 valence electrons. The fourth-order valence-corrected chi connectivity index (χ4v) is 3.79. The monoisotopic (exact) mass is 345 g/mol. The molecule has 1 N–H and O–H groups in total. The Morgan fingerprint density at radius 1 is 1.35 bits per heavy atom. The molecule has 1 amide bonds. The van der Waals surface area contributed by atoms with E-state index >= 15 is 0 Å². The third-order valence-electron chi connectivity index (χ3n) is 3.66.